The van der Waals surface area contributed by atoms with E-state index in [1.165, 1.54) is 18.5 Å². The number of aromatic amines is 1. The molecule has 4 atom stereocenters. The number of benzene rings is 1. The molecule has 1 saturated heterocycles. The molecule has 3 rings (SSSR count). The SMILES string of the molecule is NCCCCC(NC(=O)C(Cc1cnc[nH]1)NC(=O)C1CCCN1)C(=O)NC(Cc1ccc(O)cc1)C(=O)O. The van der Waals surface area contributed by atoms with Crippen molar-refractivity contribution in [2.45, 2.75) is 69.1 Å². The Morgan fingerprint density at radius 2 is 1.72 bits per heavy atom. The molecule has 1 aliphatic rings. The van der Waals surface area contributed by atoms with Crippen LogP contribution in [0.3, 0.4) is 0 Å². The first-order valence-electron chi connectivity index (χ1n) is 13.1. The van der Waals surface area contributed by atoms with E-state index in [-0.39, 0.29) is 30.9 Å². The number of phenolic OH excluding ortho intramolecular Hbond substituents is 1. The Morgan fingerprint density at radius 3 is 2.33 bits per heavy atom. The van der Waals surface area contributed by atoms with Crippen LogP contribution in [0.4, 0.5) is 0 Å². The van der Waals surface area contributed by atoms with E-state index in [0.717, 1.165) is 6.42 Å². The van der Waals surface area contributed by atoms with Crippen LogP contribution < -0.4 is 27.0 Å². The lowest BCUT2D eigenvalue weighted by atomic mass is 10.0. The van der Waals surface area contributed by atoms with Gasteiger partial charge in [0.15, 0.2) is 0 Å². The van der Waals surface area contributed by atoms with Gasteiger partial charge in [0.05, 0.1) is 12.4 Å². The third kappa shape index (κ3) is 9.37. The minimum atomic E-state index is -1.26. The molecule has 1 fully saturated rings. The van der Waals surface area contributed by atoms with Crippen LogP contribution in [0.1, 0.15) is 43.4 Å². The van der Waals surface area contributed by atoms with Crippen LogP contribution >= 0.6 is 0 Å². The fraction of sp³-hybridized carbons (Fsp3) is 0.500. The number of carboxylic acid groups (broad SMARTS) is 1. The van der Waals surface area contributed by atoms with Gasteiger partial charge in [-0.1, -0.05) is 12.1 Å². The van der Waals surface area contributed by atoms with Crippen molar-refractivity contribution in [2.75, 3.05) is 13.1 Å². The zero-order chi connectivity index (χ0) is 28.2. The summed E-state index contributed by atoms with van der Waals surface area (Å²) in [4.78, 5) is 58.2. The summed E-state index contributed by atoms with van der Waals surface area (Å²) in [6.45, 7) is 1.11. The molecule has 13 nitrogen and oxygen atoms in total. The first kappa shape index (κ1) is 29.6. The van der Waals surface area contributed by atoms with E-state index < -0.39 is 42.0 Å². The topological polar surface area (TPSA) is 212 Å². The highest BCUT2D eigenvalue weighted by molar-refractivity contribution is 5.94. The van der Waals surface area contributed by atoms with Gasteiger partial charge in [0.1, 0.15) is 23.9 Å². The molecule has 0 saturated carbocycles. The number of aromatic nitrogens is 2. The number of hydrogen-bond acceptors (Lipinski definition) is 8. The van der Waals surface area contributed by atoms with E-state index >= 15 is 0 Å². The number of carboxylic acids is 1. The number of imidazole rings is 1. The second-order valence-corrected chi connectivity index (χ2v) is 9.61. The molecule has 2 aromatic rings. The number of aromatic hydroxyl groups is 1. The second kappa shape index (κ2) is 14.8. The number of nitrogens with zero attached hydrogens (tertiary/aromatic N) is 1. The van der Waals surface area contributed by atoms with Gasteiger partial charge in [-0.25, -0.2) is 9.78 Å². The van der Waals surface area contributed by atoms with E-state index in [0.29, 0.717) is 43.6 Å². The van der Waals surface area contributed by atoms with Crippen molar-refractivity contribution in [2.24, 2.45) is 5.73 Å². The molecular formula is C26H37N7O6. The molecule has 13 heteroatoms. The first-order chi connectivity index (χ1) is 18.8. The number of rotatable bonds is 15. The smallest absolute Gasteiger partial charge is 0.326 e. The predicted octanol–water partition coefficient (Wildman–Crippen LogP) is -0.679. The maximum absolute atomic E-state index is 13.4. The van der Waals surface area contributed by atoms with Crippen LogP contribution in [-0.4, -0.2) is 81.1 Å². The van der Waals surface area contributed by atoms with E-state index in [2.05, 4.69) is 31.2 Å². The molecule has 9 N–H and O–H groups in total. The Morgan fingerprint density at radius 1 is 1.00 bits per heavy atom. The van der Waals surface area contributed by atoms with Crippen molar-refractivity contribution in [3.05, 3.63) is 48.0 Å². The van der Waals surface area contributed by atoms with Gasteiger partial charge >= 0.3 is 5.97 Å². The van der Waals surface area contributed by atoms with Crippen LogP contribution in [0.15, 0.2) is 36.8 Å². The van der Waals surface area contributed by atoms with Gasteiger partial charge in [-0.3, -0.25) is 14.4 Å². The molecule has 1 aromatic heterocycles. The summed E-state index contributed by atoms with van der Waals surface area (Å²) in [6.07, 6.45) is 6.00. The Bertz CT molecular complexity index is 1090. The van der Waals surface area contributed by atoms with Gasteiger partial charge in [-0.2, -0.15) is 0 Å². The number of nitrogens with one attached hydrogen (secondary N) is 5. The molecule has 1 aromatic carbocycles. The van der Waals surface area contributed by atoms with Gasteiger partial charge in [0.25, 0.3) is 0 Å². The molecule has 0 spiro atoms. The number of nitrogens with two attached hydrogens (primary N) is 1. The Labute approximate surface area is 226 Å². The lowest BCUT2D eigenvalue weighted by molar-refractivity contribution is -0.142. The van der Waals surface area contributed by atoms with Crippen molar-refractivity contribution >= 4 is 23.7 Å². The van der Waals surface area contributed by atoms with Crippen LogP contribution in [0.5, 0.6) is 5.75 Å². The number of unbranched alkanes of at least 4 members (excludes halogenated alkanes) is 1. The van der Waals surface area contributed by atoms with Gasteiger partial charge in [-0.15, -0.1) is 0 Å². The molecule has 3 amide bonds. The summed E-state index contributed by atoms with van der Waals surface area (Å²) in [5.74, 6) is -2.74. The van der Waals surface area contributed by atoms with Gasteiger partial charge in [-0.05, 0) is 62.9 Å². The zero-order valence-electron chi connectivity index (χ0n) is 21.7. The van der Waals surface area contributed by atoms with Crippen LogP contribution in [0.25, 0.3) is 0 Å². The standard InChI is InChI=1S/C26H37N7O6/c27-10-2-1-4-20(24(36)33-22(26(38)39)12-16-6-8-18(34)9-7-16)31-25(37)21(13-17-14-28-15-30-17)32-23(35)19-5-3-11-29-19/h6-9,14-15,19-22,29,34H,1-5,10-13,27H2,(H,28,30)(H,31,37)(H,32,35)(H,33,36)(H,38,39). The highest BCUT2D eigenvalue weighted by Crippen LogP contribution is 2.12. The van der Waals surface area contributed by atoms with Crippen LogP contribution in [0.2, 0.25) is 0 Å². The summed E-state index contributed by atoms with van der Waals surface area (Å²) in [5, 5.41) is 30.3. The maximum atomic E-state index is 13.4. The number of carbonyl (C=O) groups excluding carboxylic acids is 3. The third-order valence-corrected chi connectivity index (χ3v) is 6.56. The molecule has 4 unspecified atom stereocenters. The van der Waals surface area contributed by atoms with Crippen molar-refractivity contribution in [1.29, 1.82) is 0 Å². The molecule has 1 aliphatic heterocycles. The number of H-pyrrole nitrogens is 1. The van der Waals surface area contributed by atoms with Crippen LogP contribution in [0, 0.1) is 0 Å². The summed E-state index contributed by atoms with van der Waals surface area (Å²) >= 11 is 0. The molecule has 0 aliphatic carbocycles. The summed E-state index contributed by atoms with van der Waals surface area (Å²) in [7, 11) is 0. The molecular weight excluding hydrogens is 506 g/mol. The second-order valence-electron chi connectivity index (χ2n) is 9.61. The Hall–Kier alpha value is -3.97. The van der Waals surface area contributed by atoms with E-state index in [1.54, 1.807) is 18.3 Å². The van der Waals surface area contributed by atoms with Crippen molar-refractivity contribution in [1.82, 2.24) is 31.2 Å². The molecule has 39 heavy (non-hydrogen) atoms. The van der Waals surface area contributed by atoms with E-state index in [4.69, 9.17) is 5.73 Å². The van der Waals surface area contributed by atoms with E-state index in [1.807, 2.05) is 0 Å². The third-order valence-electron chi connectivity index (χ3n) is 6.56. The fourth-order valence-electron chi connectivity index (χ4n) is 4.38. The average molecular weight is 544 g/mol. The van der Waals surface area contributed by atoms with Crippen molar-refractivity contribution in [3.63, 3.8) is 0 Å². The van der Waals surface area contributed by atoms with Crippen molar-refractivity contribution < 1.29 is 29.4 Å². The number of aliphatic carboxylic acids is 1. The Balaban J connectivity index is 1.72. The normalized spacial score (nSPS) is 17.1. The van der Waals surface area contributed by atoms with Crippen molar-refractivity contribution in [3.8, 4) is 5.75 Å². The number of hydrogen-bond donors (Lipinski definition) is 8. The number of amides is 3. The quantitative estimate of drug-likeness (QED) is 0.134. The highest BCUT2D eigenvalue weighted by atomic mass is 16.4. The first-order valence-corrected chi connectivity index (χ1v) is 13.1. The van der Waals surface area contributed by atoms with Crippen LogP contribution in [-0.2, 0) is 32.0 Å². The largest absolute Gasteiger partial charge is 0.508 e. The zero-order valence-corrected chi connectivity index (χ0v) is 21.7. The monoisotopic (exact) mass is 543 g/mol. The summed E-state index contributed by atoms with van der Waals surface area (Å²) in [6, 6.07) is 2.31. The lowest BCUT2D eigenvalue weighted by Gasteiger charge is -2.25. The summed E-state index contributed by atoms with van der Waals surface area (Å²) in [5.41, 5.74) is 6.83. The molecule has 0 radical (unpaired) electrons. The predicted molar refractivity (Wildman–Crippen MR) is 141 cm³/mol. The Kier molecular flexibility index (Phi) is 11.3. The molecule has 2 heterocycles. The maximum Gasteiger partial charge on any atom is 0.326 e. The minimum absolute atomic E-state index is 0.0162. The molecule has 212 valence electrons. The lowest BCUT2D eigenvalue weighted by Crippen LogP contribution is -2.57. The highest BCUT2D eigenvalue weighted by Gasteiger charge is 2.31. The number of carbonyl (C=O) groups is 4. The minimum Gasteiger partial charge on any atom is -0.508 e. The van der Waals surface area contributed by atoms with Gasteiger partial charge < -0.3 is 42.2 Å². The fourth-order valence-corrected chi connectivity index (χ4v) is 4.38. The average Bonchev–Trinajstić information content (AvgIpc) is 3.63. The van der Waals surface area contributed by atoms with Gasteiger partial charge in [0, 0.05) is 24.7 Å². The number of phenols is 1. The summed E-state index contributed by atoms with van der Waals surface area (Å²) < 4.78 is 0. The molecule has 0 bridgehead atoms. The van der Waals surface area contributed by atoms with Gasteiger partial charge in [0.2, 0.25) is 17.7 Å². The van der Waals surface area contributed by atoms with E-state index in [9.17, 15) is 29.4 Å².